The van der Waals surface area contributed by atoms with Gasteiger partial charge >= 0.3 is 0 Å². The molecular formula is C5H7FN4. The Hall–Kier alpha value is -1.39. The lowest BCUT2D eigenvalue weighted by Crippen LogP contribution is -2.01. The summed E-state index contributed by atoms with van der Waals surface area (Å²) in [5, 5.41) is 0. The quantitative estimate of drug-likeness (QED) is 0.583. The number of rotatable bonds is 1. The maximum Gasteiger partial charge on any atom is 0.164 e. The number of nitrogens with zero attached hydrogens (tertiary/aromatic N) is 2. The van der Waals surface area contributed by atoms with Crippen molar-refractivity contribution in [3.8, 4) is 0 Å². The summed E-state index contributed by atoms with van der Waals surface area (Å²) in [5.41, 5.74) is 10.5. The van der Waals surface area contributed by atoms with Gasteiger partial charge in [-0.05, 0) is 0 Å². The van der Waals surface area contributed by atoms with Crippen LogP contribution in [0.25, 0.3) is 0 Å². The van der Waals surface area contributed by atoms with Gasteiger partial charge in [0, 0.05) is 6.07 Å². The van der Waals surface area contributed by atoms with Gasteiger partial charge in [0.2, 0.25) is 0 Å². The first-order valence-corrected chi connectivity index (χ1v) is 2.67. The number of hydrogen-bond donors (Lipinski definition) is 2. The molecule has 4 N–H and O–H groups in total. The topological polar surface area (TPSA) is 77.8 Å². The van der Waals surface area contributed by atoms with Crippen LogP contribution in [0.3, 0.4) is 0 Å². The van der Waals surface area contributed by atoms with Crippen LogP contribution in [0.15, 0.2) is 6.07 Å². The molecule has 0 spiro atoms. The second-order valence-corrected chi connectivity index (χ2v) is 1.77. The second kappa shape index (κ2) is 2.47. The summed E-state index contributed by atoms with van der Waals surface area (Å²) >= 11 is 0. The number of nitrogens with two attached hydrogens (primary N) is 2. The van der Waals surface area contributed by atoms with E-state index in [1.807, 2.05) is 0 Å². The van der Waals surface area contributed by atoms with Crippen molar-refractivity contribution in [3.63, 3.8) is 0 Å². The first-order valence-electron chi connectivity index (χ1n) is 2.67. The molecule has 0 aliphatic carbocycles. The zero-order valence-electron chi connectivity index (χ0n) is 5.21. The number of nitrogen functional groups attached to an aromatic ring is 2. The highest BCUT2D eigenvalue weighted by atomic mass is 19.1. The summed E-state index contributed by atoms with van der Waals surface area (Å²) < 4.78 is 11.8. The fourth-order valence-corrected chi connectivity index (χ4v) is 0.599. The van der Waals surface area contributed by atoms with E-state index in [1.165, 1.54) is 6.07 Å². The number of halogens is 1. The van der Waals surface area contributed by atoms with Crippen LogP contribution in [0.1, 0.15) is 5.82 Å². The predicted octanol–water partition coefficient (Wildman–Crippen LogP) is 0.111. The molecule has 1 rings (SSSR count). The van der Waals surface area contributed by atoms with E-state index in [1.54, 1.807) is 0 Å². The molecule has 0 saturated carbocycles. The Kier molecular flexibility index (Phi) is 1.66. The van der Waals surface area contributed by atoms with Crippen LogP contribution in [0, 0.1) is 0 Å². The Morgan fingerprint density at radius 3 is 2.20 bits per heavy atom. The molecule has 0 unspecified atom stereocenters. The molecule has 0 aliphatic heterocycles. The molecule has 5 heteroatoms. The van der Waals surface area contributed by atoms with E-state index in [9.17, 15) is 4.39 Å². The Bertz CT molecular complexity index is 217. The van der Waals surface area contributed by atoms with E-state index in [-0.39, 0.29) is 17.5 Å². The number of hydrogen-bond acceptors (Lipinski definition) is 4. The number of anilines is 2. The van der Waals surface area contributed by atoms with Crippen LogP contribution in [-0.2, 0) is 6.67 Å². The Labute approximate surface area is 57.1 Å². The van der Waals surface area contributed by atoms with Gasteiger partial charge in [0.05, 0.1) is 0 Å². The van der Waals surface area contributed by atoms with Crippen molar-refractivity contribution in [2.24, 2.45) is 0 Å². The lowest BCUT2D eigenvalue weighted by molar-refractivity contribution is 0.466. The highest BCUT2D eigenvalue weighted by Gasteiger charge is 1.97. The van der Waals surface area contributed by atoms with Crippen molar-refractivity contribution in [1.82, 2.24) is 9.97 Å². The largest absolute Gasteiger partial charge is 0.384 e. The third-order valence-corrected chi connectivity index (χ3v) is 0.932. The van der Waals surface area contributed by atoms with Crippen LogP contribution in [0.4, 0.5) is 16.0 Å². The van der Waals surface area contributed by atoms with Gasteiger partial charge in [-0.25, -0.2) is 14.4 Å². The van der Waals surface area contributed by atoms with E-state index in [4.69, 9.17) is 11.5 Å². The van der Waals surface area contributed by atoms with Crippen molar-refractivity contribution < 1.29 is 4.39 Å². The van der Waals surface area contributed by atoms with E-state index in [2.05, 4.69) is 9.97 Å². The van der Waals surface area contributed by atoms with Crippen molar-refractivity contribution in [2.45, 2.75) is 6.67 Å². The zero-order valence-corrected chi connectivity index (χ0v) is 5.21. The van der Waals surface area contributed by atoms with Gasteiger partial charge in [-0.2, -0.15) is 0 Å². The van der Waals surface area contributed by atoms with E-state index >= 15 is 0 Å². The van der Waals surface area contributed by atoms with Crippen LogP contribution in [-0.4, -0.2) is 9.97 Å². The van der Waals surface area contributed by atoms with Crippen molar-refractivity contribution in [3.05, 3.63) is 11.9 Å². The molecule has 0 fully saturated rings. The SMILES string of the molecule is Nc1cc(N)nc(CF)n1. The summed E-state index contributed by atoms with van der Waals surface area (Å²) in [5.74, 6) is 0.415. The minimum absolute atomic E-state index is 0.0255. The van der Waals surface area contributed by atoms with Crippen molar-refractivity contribution >= 4 is 11.6 Å². The van der Waals surface area contributed by atoms with Crippen molar-refractivity contribution in [1.29, 1.82) is 0 Å². The first-order chi connectivity index (χ1) is 4.72. The van der Waals surface area contributed by atoms with Gasteiger partial charge in [0.25, 0.3) is 0 Å². The smallest absolute Gasteiger partial charge is 0.164 e. The van der Waals surface area contributed by atoms with Gasteiger partial charge in [0.1, 0.15) is 18.3 Å². The van der Waals surface area contributed by atoms with Crippen LogP contribution >= 0.6 is 0 Å². The van der Waals surface area contributed by atoms with Gasteiger partial charge in [-0.15, -0.1) is 0 Å². The van der Waals surface area contributed by atoms with Gasteiger partial charge in [-0.3, -0.25) is 0 Å². The average molecular weight is 142 g/mol. The molecule has 0 aromatic carbocycles. The van der Waals surface area contributed by atoms with Gasteiger partial charge < -0.3 is 11.5 Å². The summed E-state index contributed by atoms with van der Waals surface area (Å²) in [4.78, 5) is 7.13. The molecule has 1 aromatic rings. The summed E-state index contributed by atoms with van der Waals surface area (Å²) in [6.07, 6.45) is 0. The molecule has 54 valence electrons. The maximum absolute atomic E-state index is 11.8. The maximum atomic E-state index is 11.8. The van der Waals surface area contributed by atoms with E-state index < -0.39 is 6.67 Å². The van der Waals surface area contributed by atoms with E-state index in [0.29, 0.717) is 0 Å². The average Bonchev–Trinajstić information content (AvgIpc) is 1.85. The third-order valence-electron chi connectivity index (χ3n) is 0.932. The molecule has 0 atom stereocenters. The molecule has 0 amide bonds. The summed E-state index contributed by atoms with van der Waals surface area (Å²) in [6.45, 7) is -0.741. The summed E-state index contributed by atoms with van der Waals surface area (Å²) in [7, 11) is 0. The Balaban J connectivity index is 3.06. The molecule has 10 heavy (non-hydrogen) atoms. The second-order valence-electron chi connectivity index (χ2n) is 1.77. The highest BCUT2D eigenvalue weighted by molar-refractivity contribution is 5.40. The Morgan fingerprint density at radius 1 is 1.30 bits per heavy atom. The van der Waals surface area contributed by atoms with Crippen molar-refractivity contribution in [2.75, 3.05) is 11.5 Å². The Morgan fingerprint density at radius 2 is 1.80 bits per heavy atom. The normalized spacial score (nSPS) is 9.70. The monoisotopic (exact) mass is 142 g/mol. The fraction of sp³-hybridized carbons (Fsp3) is 0.200. The van der Waals surface area contributed by atoms with E-state index in [0.717, 1.165) is 0 Å². The highest BCUT2D eigenvalue weighted by Crippen LogP contribution is 2.04. The summed E-state index contributed by atoms with van der Waals surface area (Å²) in [6, 6.07) is 1.37. The predicted molar refractivity (Wildman–Crippen MR) is 35.7 cm³/mol. The molecule has 0 aliphatic rings. The molecule has 1 heterocycles. The molecular weight excluding hydrogens is 135 g/mol. The van der Waals surface area contributed by atoms with Gasteiger partial charge in [0.15, 0.2) is 5.82 Å². The molecule has 1 aromatic heterocycles. The van der Waals surface area contributed by atoms with Crippen LogP contribution in [0.2, 0.25) is 0 Å². The molecule has 4 nitrogen and oxygen atoms in total. The first kappa shape index (κ1) is 6.73. The standard InChI is InChI=1S/C5H7FN4/c6-2-5-9-3(7)1-4(8)10-5/h1H,2H2,(H4,7,8,9,10). The number of aromatic nitrogens is 2. The fourth-order valence-electron chi connectivity index (χ4n) is 0.599. The number of alkyl halides is 1. The molecule has 0 bridgehead atoms. The molecule has 0 radical (unpaired) electrons. The zero-order chi connectivity index (χ0) is 7.56. The van der Waals surface area contributed by atoms with Gasteiger partial charge in [-0.1, -0.05) is 0 Å². The lowest BCUT2D eigenvalue weighted by atomic mass is 10.5. The minimum atomic E-state index is -0.741. The lowest BCUT2D eigenvalue weighted by Gasteiger charge is -1.96. The molecule has 0 saturated heterocycles. The minimum Gasteiger partial charge on any atom is -0.384 e. The third kappa shape index (κ3) is 1.31. The van der Waals surface area contributed by atoms with Crippen LogP contribution in [0.5, 0.6) is 0 Å². The van der Waals surface area contributed by atoms with Crippen LogP contribution < -0.4 is 11.5 Å².